The lowest BCUT2D eigenvalue weighted by molar-refractivity contribution is -0.129. The van der Waals surface area contributed by atoms with Gasteiger partial charge in [-0.2, -0.15) is 11.8 Å². The Hall–Kier alpha value is -1.54. The summed E-state index contributed by atoms with van der Waals surface area (Å²) >= 11 is 1.52. The lowest BCUT2D eigenvalue weighted by atomic mass is 9.90. The van der Waals surface area contributed by atoms with Crippen LogP contribution in [0.15, 0.2) is 12.2 Å². The van der Waals surface area contributed by atoms with Crippen molar-refractivity contribution < 1.29 is 19.5 Å². The smallest absolute Gasteiger partial charge is 0.246 e. The minimum Gasteiger partial charge on any atom is -0.396 e. The summed E-state index contributed by atoms with van der Waals surface area (Å²) in [6.45, 7) is 9.86. The van der Waals surface area contributed by atoms with Crippen molar-refractivity contribution in [2.75, 3.05) is 25.4 Å². The Bertz CT molecular complexity index is 481. The van der Waals surface area contributed by atoms with E-state index in [0.717, 1.165) is 0 Å². The van der Waals surface area contributed by atoms with E-state index in [1.165, 1.54) is 11.8 Å². The summed E-state index contributed by atoms with van der Waals surface area (Å²) in [5.74, 6) is -0.866. The molecule has 8 heteroatoms. The molecule has 0 heterocycles. The molecule has 0 rings (SSSR count). The third-order valence-electron chi connectivity index (χ3n) is 3.70. The van der Waals surface area contributed by atoms with Gasteiger partial charge in [-0.25, -0.2) is 0 Å². The van der Waals surface area contributed by atoms with Crippen molar-refractivity contribution in [3.8, 4) is 0 Å². The average Bonchev–Trinajstić information content (AvgIpc) is 2.51. The third-order valence-corrected chi connectivity index (χ3v) is 5.22. The Morgan fingerprint density at radius 1 is 1.20 bits per heavy atom. The Balaban J connectivity index is 4.30. The summed E-state index contributed by atoms with van der Waals surface area (Å²) < 4.78 is -0.492. The van der Waals surface area contributed by atoms with Crippen LogP contribution in [0.1, 0.15) is 40.0 Å². The highest BCUT2D eigenvalue weighted by Gasteiger charge is 2.35. The van der Waals surface area contributed by atoms with Gasteiger partial charge in [0.25, 0.3) is 0 Å². The summed E-state index contributed by atoms with van der Waals surface area (Å²) in [6, 6.07) is 0. The fraction of sp³-hybridized carbons (Fsp3) is 0.706. The van der Waals surface area contributed by atoms with Crippen LogP contribution in [-0.2, 0) is 14.4 Å². The molecule has 1 unspecified atom stereocenters. The molecule has 7 nitrogen and oxygen atoms in total. The number of thioether (sulfide) groups is 1. The molecular weight excluding hydrogens is 342 g/mol. The number of nitrogens with one attached hydrogen (secondary N) is 2. The average molecular weight is 374 g/mol. The van der Waals surface area contributed by atoms with E-state index in [1.807, 2.05) is 13.8 Å². The van der Waals surface area contributed by atoms with Crippen molar-refractivity contribution in [3.05, 3.63) is 12.2 Å². The van der Waals surface area contributed by atoms with Crippen molar-refractivity contribution >= 4 is 29.5 Å². The molecule has 0 saturated heterocycles. The van der Waals surface area contributed by atoms with Crippen LogP contribution in [0.5, 0.6) is 0 Å². The molecule has 0 radical (unpaired) electrons. The number of hydrogen-bond acceptors (Lipinski definition) is 5. The number of carbonyl (C=O) groups is 3. The van der Waals surface area contributed by atoms with E-state index in [9.17, 15) is 14.4 Å². The van der Waals surface area contributed by atoms with Crippen LogP contribution in [0.2, 0.25) is 0 Å². The second kappa shape index (κ2) is 11.9. The molecule has 0 fully saturated rings. The van der Waals surface area contributed by atoms with Gasteiger partial charge in [0.2, 0.25) is 17.7 Å². The van der Waals surface area contributed by atoms with Gasteiger partial charge in [0.05, 0.1) is 5.92 Å². The number of hydrogen-bond donors (Lipinski definition) is 4. The number of carbonyl (C=O) groups excluding carboxylic acids is 3. The largest absolute Gasteiger partial charge is 0.396 e. The maximum atomic E-state index is 12.1. The van der Waals surface area contributed by atoms with Gasteiger partial charge in [0, 0.05) is 36.4 Å². The quantitative estimate of drug-likeness (QED) is 0.278. The van der Waals surface area contributed by atoms with Gasteiger partial charge in [-0.3, -0.25) is 14.4 Å². The SMILES string of the molecule is C=C(C)C(=O)NCCCNC(=O)CC(C(N)=O)C(C)(C)SCCCO. The van der Waals surface area contributed by atoms with Crippen molar-refractivity contribution in [2.24, 2.45) is 11.7 Å². The van der Waals surface area contributed by atoms with Crippen LogP contribution in [0, 0.1) is 5.92 Å². The number of primary amides is 1. The van der Waals surface area contributed by atoms with Crippen LogP contribution in [-0.4, -0.2) is 53.0 Å². The first-order valence-electron chi connectivity index (χ1n) is 8.36. The maximum absolute atomic E-state index is 12.1. The molecule has 0 aromatic carbocycles. The molecule has 0 saturated carbocycles. The Morgan fingerprint density at radius 3 is 2.32 bits per heavy atom. The lowest BCUT2D eigenvalue weighted by Crippen LogP contribution is -2.42. The van der Waals surface area contributed by atoms with Crippen LogP contribution >= 0.6 is 11.8 Å². The fourth-order valence-corrected chi connectivity index (χ4v) is 3.32. The van der Waals surface area contributed by atoms with Gasteiger partial charge < -0.3 is 21.5 Å². The fourth-order valence-electron chi connectivity index (χ4n) is 2.12. The van der Waals surface area contributed by atoms with Crippen molar-refractivity contribution in [1.82, 2.24) is 10.6 Å². The molecule has 0 aromatic heterocycles. The summed E-state index contributed by atoms with van der Waals surface area (Å²) in [5, 5.41) is 14.3. The Labute approximate surface area is 154 Å². The van der Waals surface area contributed by atoms with Crippen molar-refractivity contribution in [3.63, 3.8) is 0 Å². The number of aliphatic hydroxyl groups is 1. The molecular formula is C17H31N3O4S. The van der Waals surface area contributed by atoms with E-state index in [2.05, 4.69) is 17.2 Å². The number of aliphatic hydroxyl groups excluding tert-OH is 1. The molecule has 0 aliphatic rings. The molecule has 5 N–H and O–H groups in total. The highest BCUT2D eigenvalue weighted by molar-refractivity contribution is 8.00. The second-order valence-electron chi connectivity index (χ2n) is 6.43. The first-order chi connectivity index (χ1) is 11.6. The first kappa shape index (κ1) is 23.5. The van der Waals surface area contributed by atoms with Gasteiger partial charge in [0.1, 0.15) is 0 Å². The Morgan fingerprint density at radius 2 is 1.80 bits per heavy atom. The topological polar surface area (TPSA) is 122 Å². The van der Waals surface area contributed by atoms with E-state index in [-0.39, 0.29) is 24.8 Å². The van der Waals surface area contributed by atoms with Crippen LogP contribution in [0.3, 0.4) is 0 Å². The molecule has 0 aromatic rings. The number of nitrogens with two attached hydrogens (primary N) is 1. The van der Waals surface area contributed by atoms with Crippen LogP contribution < -0.4 is 16.4 Å². The third kappa shape index (κ3) is 10.1. The minimum absolute atomic E-state index is 0.0204. The van der Waals surface area contributed by atoms with Crippen LogP contribution in [0.4, 0.5) is 0 Å². The zero-order valence-corrected chi connectivity index (χ0v) is 16.2. The van der Waals surface area contributed by atoms with Crippen molar-refractivity contribution in [1.29, 1.82) is 0 Å². The van der Waals surface area contributed by atoms with Crippen LogP contribution in [0.25, 0.3) is 0 Å². The van der Waals surface area contributed by atoms with E-state index in [1.54, 1.807) is 6.92 Å². The molecule has 0 aliphatic heterocycles. The van der Waals surface area contributed by atoms with Gasteiger partial charge >= 0.3 is 0 Å². The summed E-state index contributed by atoms with van der Waals surface area (Å²) in [6.07, 6.45) is 1.23. The molecule has 3 amide bonds. The van der Waals surface area contributed by atoms with Gasteiger partial charge in [-0.05, 0) is 39.4 Å². The molecule has 0 bridgehead atoms. The van der Waals surface area contributed by atoms with E-state index in [0.29, 0.717) is 37.3 Å². The normalized spacial score (nSPS) is 12.3. The molecule has 0 spiro atoms. The number of amides is 3. The summed E-state index contributed by atoms with van der Waals surface area (Å²) in [7, 11) is 0. The van der Waals surface area contributed by atoms with Gasteiger partial charge in [-0.1, -0.05) is 6.58 Å². The molecule has 1 atom stereocenters. The van der Waals surface area contributed by atoms with Crippen molar-refractivity contribution in [2.45, 2.75) is 44.8 Å². The second-order valence-corrected chi connectivity index (χ2v) is 8.18. The van der Waals surface area contributed by atoms with Gasteiger partial charge in [-0.15, -0.1) is 0 Å². The maximum Gasteiger partial charge on any atom is 0.246 e. The van der Waals surface area contributed by atoms with E-state index < -0.39 is 16.6 Å². The monoisotopic (exact) mass is 373 g/mol. The predicted molar refractivity (Wildman–Crippen MR) is 101 cm³/mol. The summed E-state index contributed by atoms with van der Waals surface area (Å²) in [5.41, 5.74) is 5.92. The van der Waals surface area contributed by atoms with E-state index in [4.69, 9.17) is 10.8 Å². The minimum atomic E-state index is -0.598. The standard InChI is InChI=1S/C17H31N3O4S/c1-12(2)16(24)20-8-5-7-19-14(22)11-13(15(18)23)17(3,4)25-10-6-9-21/h13,21H,1,5-11H2,2-4H3,(H2,18,23)(H,19,22)(H,20,24). The zero-order chi connectivity index (χ0) is 19.5. The first-order valence-corrected chi connectivity index (χ1v) is 9.35. The highest BCUT2D eigenvalue weighted by Crippen LogP contribution is 2.34. The molecule has 144 valence electrons. The number of rotatable bonds is 13. The highest BCUT2D eigenvalue weighted by atomic mass is 32.2. The van der Waals surface area contributed by atoms with Gasteiger partial charge in [0.15, 0.2) is 0 Å². The molecule has 0 aliphatic carbocycles. The van der Waals surface area contributed by atoms with E-state index >= 15 is 0 Å². The zero-order valence-electron chi connectivity index (χ0n) is 15.4. The predicted octanol–water partition coefficient (Wildman–Crippen LogP) is 0.571. The lowest BCUT2D eigenvalue weighted by Gasteiger charge is -2.31. The molecule has 25 heavy (non-hydrogen) atoms. The Kier molecular flexibility index (Phi) is 11.2. The summed E-state index contributed by atoms with van der Waals surface area (Å²) in [4.78, 5) is 35.1.